The van der Waals surface area contributed by atoms with E-state index >= 15 is 0 Å². The fourth-order valence-electron chi connectivity index (χ4n) is 3.62. The first-order valence-electron chi connectivity index (χ1n) is 10.1. The van der Waals surface area contributed by atoms with Crippen molar-refractivity contribution in [2.75, 3.05) is 33.1 Å². The minimum Gasteiger partial charge on any atom is -0.497 e. The lowest BCUT2D eigenvalue weighted by Gasteiger charge is -2.25. The lowest BCUT2D eigenvalue weighted by Crippen LogP contribution is -2.33. The molecule has 0 radical (unpaired) electrons. The van der Waals surface area contributed by atoms with Crippen molar-refractivity contribution in [1.82, 2.24) is 19.8 Å². The summed E-state index contributed by atoms with van der Waals surface area (Å²) in [7, 11) is 5.15. The molecule has 0 unspecified atom stereocenters. The van der Waals surface area contributed by atoms with E-state index in [-0.39, 0.29) is 17.9 Å². The smallest absolute Gasteiger partial charge is 0.227 e. The maximum Gasteiger partial charge on any atom is 0.227 e. The van der Waals surface area contributed by atoms with Gasteiger partial charge in [0.1, 0.15) is 11.6 Å². The molecule has 1 N–H and O–H groups in total. The number of anilines is 1. The Balaban J connectivity index is 1.81. The third kappa shape index (κ3) is 5.06. The molecule has 1 saturated heterocycles. The standard InChI is InChI=1S/C22H29N5O3/c1-15(28)26(3)14-17-13-20(23-2)25-22(24-17)19-9-6-10-27(19)21(29)12-16-7-5-8-18(11-16)30-4/h5,7-8,11,13,19H,6,9-10,12,14H2,1-4H3,(H,23,24,25)/t19-/m1/s1. The Morgan fingerprint density at radius 1 is 1.30 bits per heavy atom. The van der Waals surface area contributed by atoms with Gasteiger partial charge in [0.15, 0.2) is 5.82 Å². The second kappa shape index (κ2) is 9.56. The first kappa shape index (κ1) is 21.5. The molecule has 1 aromatic heterocycles. The van der Waals surface area contributed by atoms with Crippen LogP contribution in [0.25, 0.3) is 0 Å². The van der Waals surface area contributed by atoms with Crippen LogP contribution in [-0.2, 0) is 22.6 Å². The summed E-state index contributed by atoms with van der Waals surface area (Å²) in [6, 6.07) is 9.23. The van der Waals surface area contributed by atoms with E-state index in [0.29, 0.717) is 31.2 Å². The summed E-state index contributed by atoms with van der Waals surface area (Å²) in [5, 5.41) is 3.06. The van der Waals surface area contributed by atoms with Gasteiger partial charge >= 0.3 is 0 Å². The zero-order chi connectivity index (χ0) is 21.7. The Kier molecular flexibility index (Phi) is 6.87. The Labute approximate surface area is 177 Å². The van der Waals surface area contributed by atoms with Gasteiger partial charge < -0.3 is 19.9 Å². The Morgan fingerprint density at radius 3 is 2.80 bits per heavy atom. The van der Waals surface area contributed by atoms with Crippen LogP contribution in [0.4, 0.5) is 5.82 Å². The largest absolute Gasteiger partial charge is 0.497 e. The molecule has 2 aromatic rings. The fraction of sp³-hybridized carbons (Fsp3) is 0.455. The Morgan fingerprint density at radius 2 is 2.10 bits per heavy atom. The summed E-state index contributed by atoms with van der Waals surface area (Å²) in [5.41, 5.74) is 1.66. The number of carbonyl (C=O) groups excluding carboxylic acids is 2. The number of benzene rings is 1. The topological polar surface area (TPSA) is 87.7 Å². The molecule has 1 aromatic carbocycles. The van der Waals surface area contributed by atoms with Gasteiger partial charge in [-0.3, -0.25) is 9.59 Å². The molecule has 3 rings (SSSR count). The average Bonchev–Trinajstić information content (AvgIpc) is 3.23. The molecule has 160 valence electrons. The van der Waals surface area contributed by atoms with Gasteiger partial charge in [0, 0.05) is 33.6 Å². The molecule has 2 heterocycles. The van der Waals surface area contributed by atoms with E-state index in [0.717, 1.165) is 29.8 Å². The quantitative estimate of drug-likeness (QED) is 0.753. The summed E-state index contributed by atoms with van der Waals surface area (Å²) in [6.45, 7) is 2.60. The molecule has 0 bridgehead atoms. The predicted molar refractivity (Wildman–Crippen MR) is 114 cm³/mol. The minimum absolute atomic E-state index is 0.0304. The SMILES string of the molecule is CNc1cc(CN(C)C(C)=O)nc([C@H]2CCCN2C(=O)Cc2cccc(OC)c2)n1. The number of amides is 2. The van der Waals surface area contributed by atoms with E-state index in [1.54, 1.807) is 26.1 Å². The lowest BCUT2D eigenvalue weighted by atomic mass is 10.1. The maximum absolute atomic E-state index is 13.1. The van der Waals surface area contributed by atoms with Crippen LogP contribution in [0.1, 0.15) is 42.9 Å². The van der Waals surface area contributed by atoms with E-state index in [9.17, 15) is 9.59 Å². The predicted octanol–water partition coefficient (Wildman–Crippen LogP) is 2.41. The molecule has 2 amide bonds. The summed E-state index contributed by atoms with van der Waals surface area (Å²) < 4.78 is 5.26. The molecule has 8 heteroatoms. The first-order valence-corrected chi connectivity index (χ1v) is 10.1. The number of carbonyl (C=O) groups is 2. The number of rotatable bonds is 7. The lowest BCUT2D eigenvalue weighted by molar-refractivity contribution is -0.131. The molecule has 1 aliphatic rings. The second-order valence-electron chi connectivity index (χ2n) is 7.50. The number of ether oxygens (including phenoxy) is 1. The van der Waals surface area contributed by atoms with Crippen molar-refractivity contribution in [3.05, 3.63) is 47.4 Å². The van der Waals surface area contributed by atoms with Crippen molar-refractivity contribution in [2.45, 2.75) is 38.8 Å². The number of hydrogen-bond acceptors (Lipinski definition) is 6. The van der Waals surface area contributed by atoms with E-state index < -0.39 is 0 Å². The van der Waals surface area contributed by atoms with Crippen LogP contribution >= 0.6 is 0 Å². The third-order valence-corrected chi connectivity index (χ3v) is 5.35. The summed E-state index contributed by atoms with van der Waals surface area (Å²) in [5.74, 6) is 2.05. The van der Waals surface area contributed by atoms with Crippen molar-refractivity contribution in [1.29, 1.82) is 0 Å². The molecule has 0 saturated carbocycles. The molecule has 1 aliphatic heterocycles. The van der Waals surface area contributed by atoms with Gasteiger partial charge in [0.25, 0.3) is 0 Å². The molecule has 30 heavy (non-hydrogen) atoms. The first-order chi connectivity index (χ1) is 14.4. The molecular weight excluding hydrogens is 382 g/mol. The summed E-state index contributed by atoms with van der Waals surface area (Å²) in [6.07, 6.45) is 2.03. The van der Waals surface area contributed by atoms with Gasteiger partial charge in [-0.05, 0) is 30.5 Å². The van der Waals surface area contributed by atoms with Gasteiger partial charge in [-0.25, -0.2) is 9.97 Å². The Bertz CT molecular complexity index is 917. The summed E-state index contributed by atoms with van der Waals surface area (Å²) >= 11 is 0. The minimum atomic E-state index is -0.169. The van der Waals surface area contributed by atoms with Crippen LogP contribution < -0.4 is 10.1 Å². The molecule has 1 fully saturated rings. The van der Waals surface area contributed by atoms with Gasteiger partial charge in [-0.1, -0.05) is 12.1 Å². The molecule has 1 atom stereocenters. The highest BCUT2D eigenvalue weighted by Crippen LogP contribution is 2.31. The zero-order valence-electron chi connectivity index (χ0n) is 18.0. The van der Waals surface area contributed by atoms with E-state index in [4.69, 9.17) is 9.72 Å². The van der Waals surface area contributed by atoms with Gasteiger partial charge in [-0.15, -0.1) is 0 Å². The van der Waals surface area contributed by atoms with Crippen molar-refractivity contribution in [2.24, 2.45) is 0 Å². The van der Waals surface area contributed by atoms with Gasteiger partial charge in [0.2, 0.25) is 11.8 Å². The number of methoxy groups -OCH3 is 1. The number of hydrogen-bond donors (Lipinski definition) is 1. The second-order valence-corrected chi connectivity index (χ2v) is 7.50. The average molecular weight is 412 g/mol. The number of nitrogens with zero attached hydrogens (tertiary/aromatic N) is 4. The fourth-order valence-corrected chi connectivity index (χ4v) is 3.62. The van der Waals surface area contributed by atoms with Crippen LogP contribution in [0.5, 0.6) is 5.75 Å². The highest BCUT2D eigenvalue weighted by molar-refractivity contribution is 5.79. The normalized spacial score (nSPS) is 15.7. The van der Waals surface area contributed by atoms with Crippen LogP contribution in [0.3, 0.4) is 0 Å². The zero-order valence-corrected chi connectivity index (χ0v) is 18.0. The van der Waals surface area contributed by atoms with Gasteiger partial charge in [0.05, 0.1) is 31.8 Å². The molecule has 0 aliphatic carbocycles. The summed E-state index contributed by atoms with van der Waals surface area (Å²) in [4.78, 5) is 37.5. The molecule has 0 spiro atoms. The van der Waals surface area contributed by atoms with Crippen LogP contribution in [-0.4, -0.2) is 59.3 Å². The van der Waals surface area contributed by atoms with Gasteiger partial charge in [-0.2, -0.15) is 0 Å². The third-order valence-electron chi connectivity index (χ3n) is 5.35. The van der Waals surface area contributed by atoms with Crippen molar-refractivity contribution in [3.63, 3.8) is 0 Å². The number of likely N-dealkylation sites (tertiary alicyclic amines) is 1. The Hall–Kier alpha value is -3.16. The van der Waals surface area contributed by atoms with Crippen molar-refractivity contribution < 1.29 is 14.3 Å². The van der Waals surface area contributed by atoms with Crippen LogP contribution in [0.15, 0.2) is 30.3 Å². The van der Waals surface area contributed by atoms with E-state index in [1.165, 1.54) is 6.92 Å². The highest BCUT2D eigenvalue weighted by atomic mass is 16.5. The maximum atomic E-state index is 13.1. The van der Waals surface area contributed by atoms with Crippen molar-refractivity contribution in [3.8, 4) is 5.75 Å². The highest BCUT2D eigenvalue weighted by Gasteiger charge is 2.32. The van der Waals surface area contributed by atoms with Crippen molar-refractivity contribution >= 4 is 17.6 Å². The van der Waals surface area contributed by atoms with Crippen LogP contribution in [0, 0.1) is 0 Å². The molecular formula is C22H29N5O3. The number of aromatic nitrogens is 2. The number of nitrogens with one attached hydrogen (secondary N) is 1. The van der Waals surface area contributed by atoms with E-state index in [1.807, 2.05) is 35.2 Å². The molecule has 8 nitrogen and oxygen atoms in total. The van der Waals surface area contributed by atoms with Crippen LogP contribution in [0.2, 0.25) is 0 Å². The monoisotopic (exact) mass is 411 g/mol. The van der Waals surface area contributed by atoms with E-state index in [2.05, 4.69) is 10.3 Å².